The number of hydrogen-bond acceptors (Lipinski definition) is 5. The minimum absolute atomic E-state index is 0.0832. The zero-order valence-electron chi connectivity index (χ0n) is 16.7. The normalized spacial score (nSPS) is 15.4. The second kappa shape index (κ2) is 7.14. The Morgan fingerprint density at radius 2 is 1.70 bits per heavy atom. The molecule has 0 atom stereocenters. The van der Waals surface area contributed by atoms with E-state index in [4.69, 9.17) is 4.74 Å². The van der Waals surface area contributed by atoms with Crippen molar-refractivity contribution in [3.05, 3.63) is 69.6 Å². The van der Waals surface area contributed by atoms with Crippen LogP contribution in [0.25, 0.3) is 17.1 Å². The van der Waals surface area contributed by atoms with Gasteiger partial charge in [-0.3, -0.25) is 18.7 Å². The van der Waals surface area contributed by atoms with Crippen molar-refractivity contribution in [2.45, 2.75) is 6.42 Å². The third-order valence-electron chi connectivity index (χ3n) is 5.26. The zero-order chi connectivity index (χ0) is 21.6. The number of para-hydroxylation sites is 1. The molecule has 30 heavy (non-hydrogen) atoms. The Hall–Kier alpha value is -3.94. The molecule has 1 aliphatic rings. The lowest BCUT2D eigenvalue weighted by molar-refractivity contribution is -0.120. The zero-order valence-corrected chi connectivity index (χ0v) is 16.7. The molecule has 3 aromatic rings. The summed E-state index contributed by atoms with van der Waals surface area (Å²) in [6.45, 7) is 0. The number of esters is 1. The van der Waals surface area contributed by atoms with Gasteiger partial charge in [0.2, 0.25) is 5.91 Å². The summed E-state index contributed by atoms with van der Waals surface area (Å²) in [4.78, 5) is 50.8. The molecule has 8 nitrogen and oxygen atoms in total. The standard InChI is InChI=1S/C22H19N3O5/c1-23-17-9-8-13(11-18(17)24(2)22(23)29)10-14-12-19(26)25(20(14)27)16-7-5-4-6-15(16)21(28)30-3/h4-11H,12H2,1-3H3/b14-10+. The molecular formula is C22H19N3O5. The number of carbonyl (C=O) groups is 3. The summed E-state index contributed by atoms with van der Waals surface area (Å²) in [5.74, 6) is -1.53. The molecular weight excluding hydrogens is 386 g/mol. The van der Waals surface area contributed by atoms with Crippen LogP contribution < -0.4 is 10.6 Å². The van der Waals surface area contributed by atoms with Gasteiger partial charge in [0.15, 0.2) is 0 Å². The number of aryl methyl sites for hydroxylation is 2. The van der Waals surface area contributed by atoms with Crippen molar-refractivity contribution in [2.75, 3.05) is 12.0 Å². The summed E-state index contributed by atoms with van der Waals surface area (Å²) < 4.78 is 7.83. The molecule has 0 unspecified atom stereocenters. The van der Waals surface area contributed by atoms with Crippen LogP contribution in [-0.2, 0) is 28.4 Å². The largest absolute Gasteiger partial charge is 0.465 e. The Balaban J connectivity index is 1.74. The highest BCUT2D eigenvalue weighted by Crippen LogP contribution is 2.30. The van der Waals surface area contributed by atoms with Crippen molar-refractivity contribution in [3.63, 3.8) is 0 Å². The number of anilines is 1. The van der Waals surface area contributed by atoms with Crippen LogP contribution in [0.3, 0.4) is 0 Å². The number of imide groups is 1. The first kappa shape index (κ1) is 19.4. The molecule has 0 N–H and O–H groups in total. The molecule has 2 heterocycles. The van der Waals surface area contributed by atoms with Crippen LogP contribution in [0.1, 0.15) is 22.3 Å². The van der Waals surface area contributed by atoms with Gasteiger partial charge in [0.05, 0.1) is 35.8 Å². The number of carbonyl (C=O) groups excluding carboxylic acids is 3. The highest BCUT2D eigenvalue weighted by Gasteiger charge is 2.37. The summed E-state index contributed by atoms with van der Waals surface area (Å²) in [5, 5.41) is 0. The molecule has 8 heteroatoms. The van der Waals surface area contributed by atoms with E-state index in [0.717, 1.165) is 15.9 Å². The molecule has 0 saturated carbocycles. The first-order chi connectivity index (χ1) is 14.3. The first-order valence-electron chi connectivity index (χ1n) is 9.24. The fraction of sp³-hybridized carbons (Fsp3) is 0.182. The van der Waals surface area contributed by atoms with Crippen molar-refractivity contribution in [2.24, 2.45) is 14.1 Å². The molecule has 0 aliphatic carbocycles. The summed E-state index contributed by atoms with van der Waals surface area (Å²) >= 11 is 0. The number of ether oxygens (including phenoxy) is 1. The number of rotatable bonds is 3. The van der Waals surface area contributed by atoms with Crippen LogP contribution in [0.15, 0.2) is 52.8 Å². The molecule has 0 spiro atoms. The fourth-order valence-corrected chi connectivity index (χ4v) is 3.70. The van der Waals surface area contributed by atoms with E-state index in [1.165, 1.54) is 23.8 Å². The van der Waals surface area contributed by atoms with Gasteiger partial charge in [-0.2, -0.15) is 0 Å². The van der Waals surface area contributed by atoms with E-state index < -0.39 is 17.8 Å². The molecule has 0 bridgehead atoms. The average molecular weight is 405 g/mol. The van der Waals surface area contributed by atoms with Crippen molar-refractivity contribution >= 4 is 40.6 Å². The highest BCUT2D eigenvalue weighted by atomic mass is 16.5. The predicted octanol–water partition coefficient (Wildman–Crippen LogP) is 2.01. The Bertz CT molecular complexity index is 1310. The molecule has 4 rings (SSSR count). The third kappa shape index (κ3) is 2.93. The van der Waals surface area contributed by atoms with Crippen molar-refractivity contribution in [1.82, 2.24) is 9.13 Å². The average Bonchev–Trinajstić information content (AvgIpc) is 3.14. The molecule has 1 fully saturated rings. The molecule has 1 saturated heterocycles. The second-order valence-electron chi connectivity index (χ2n) is 7.04. The summed E-state index contributed by atoms with van der Waals surface area (Å²) in [7, 11) is 4.61. The fourth-order valence-electron chi connectivity index (χ4n) is 3.70. The summed E-state index contributed by atoms with van der Waals surface area (Å²) in [6, 6.07) is 11.7. The van der Waals surface area contributed by atoms with Gasteiger partial charge in [0, 0.05) is 19.7 Å². The molecule has 1 aromatic heterocycles. The van der Waals surface area contributed by atoms with Gasteiger partial charge in [-0.25, -0.2) is 14.5 Å². The van der Waals surface area contributed by atoms with Gasteiger partial charge < -0.3 is 4.74 Å². The molecule has 152 valence electrons. The second-order valence-corrected chi connectivity index (χ2v) is 7.04. The number of aromatic nitrogens is 2. The van der Waals surface area contributed by atoms with Gasteiger partial charge in [-0.05, 0) is 35.9 Å². The van der Waals surface area contributed by atoms with Gasteiger partial charge in [0.1, 0.15) is 0 Å². The maximum absolute atomic E-state index is 13.0. The van der Waals surface area contributed by atoms with Gasteiger partial charge in [-0.15, -0.1) is 0 Å². The van der Waals surface area contributed by atoms with Crippen molar-refractivity contribution in [3.8, 4) is 0 Å². The number of amides is 2. The number of methoxy groups -OCH3 is 1. The first-order valence-corrected chi connectivity index (χ1v) is 9.24. The Morgan fingerprint density at radius 1 is 1.00 bits per heavy atom. The smallest absolute Gasteiger partial charge is 0.339 e. The van der Waals surface area contributed by atoms with Crippen LogP contribution >= 0.6 is 0 Å². The van der Waals surface area contributed by atoms with E-state index in [9.17, 15) is 19.2 Å². The van der Waals surface area contributed by atoms with E-state index in [-0.39, 0.29) is 23.4 Å². The van der Waals surface area contributed by atoms with Crippen molar-refractivity contribution in [1.29, 1.82) is 0 Å². The predicted molar refractivity (Wildman–Crippen MR) is 111 cm³/mol. The van der Waals surface area contributed by atoms with E-state index in [0.29, 0.717) is 11.1 Å². The highest BCUT2D eigenvalue weighted by molar-refractivity contribution is 6.30. The number of imidazole rings is 1. The Kier molecular flexibility index (Phi) is 4.62. The summed E-state index contributed by atoms with van der Waals surface area (Å²) in [5.41, 5.74) is 2.69. The molecule has 2 amide bonds. The molecule has 0 radical (unpaired) electrons. The van der Waals surface area contributed by atoms with Crippen LogP contribution in [0.4, 0.5) is 5.69 Å². The van der Waals surface area contributed by atoms with E-state index in [1.807, 2.05) is 0 Å². The monoisotopic (exact) mass is 405 g/mol. The number of nitrogens with zero attached hydrogens (tertiary/aromatic N) is 3. The van der Waals surface area contributed by atoms with Gasteiger partial charge in [-0.1, -0.05) is 18.2 Å². The lowest BCUT2D eigenvalue weighted by Gasteiger charge is -2.16. The SMILES string of the molecule is COC(=O)c1ccccc1N1C(=O)C/C(=C\c2ccc3c(c2)n(C)c(=O)n3C)C1=O. The number of fused-ring (bicyclic) bond motifs is 1. The quantitative estimate of drug-likeness (QED) is 0.378. The maximum Gasteiger partial charge on any atom is 0.339 e. The van der Waals surface area contributed by atoms with E-state index in [2.05, 4.69) is 0 Å². The minimum Gasteiger partial charge on any atom is -0.465 e. The Morgan fingerprint density at radius 3 is 2.43 bits per heavy atom. The Labute approximate surface area is 171 Å². The number of benzene rings is 2. The lowest BCUT2D eigenvalue weighted by Crippen LogP contribution is -2.30. The van der Waals surface area contributed by atoms with Crippen molar-refractivity contribution < 1.29 is 19.1 Å². The minimum atomic E-state index is -0.626. The van der Waals surface area contributed by atoms with Crippen LogP contribution in [0.2, 0.25) is 0 Å². The molecule has 2 aromatic carbocycles. The summed E-state index contributed by atoms with van der Waals surface area (Å²) in [6.07, 6.45) is 1.55. The third-order valence-corrected chi connectivity index (χ3v) is 5.26. The van der Waals surface area contributed by atoms with Crippen LogP contribution in [0, 0.1) is 0 Å². The topological polar surface area (TPSA) is 90.6 Å². The van der Waals surface area contributed by atoms with Gasteiger partial charge in [0.25, 0.3) is 5.91 Å². The van der Waals surface area contributed by atoms with Crippen LogP contribution in [-0.4, -0.2) is 34.0 Å². The van der Waals surface area contributed by atoms with Gasteiger partial charge >= 0.3 is 11.7 Å². The van der Waals surface area contributed by atoms with E-state index in [1.54, 1.807) is 55.1 Å². The van der Waals surface area contributed by atoms with E-state index >= 15 is 0 Å². The van der Waals surface area contributed by atoms with Crippen LogP contribution in [0.5, 0.6) is 0 Å². The number of hydrogen-bond donors (Lipinski definition) is 0. The lowest BCUT2D eigenvalue weighted by atomic mass is 10.1. The maximum atomic E-state index is 13.0. The molecule has 1 aliphatic heterocycles.